The maximum atomic E-state index is 6.28. The van der Waals surface area contributed by atoms with E-state index in [1.807, 2.05) is 13.8 Å². The molecule has 0 saturated heterocycles. The third-order valence-electron chi connectivity index (χ3n) is 3.77. The van der Waals surface area contributed by atoms with Crippen LogP contribution in [0.3, 0.4) is 0 Å². The number of hydrogen-bond acceptors (Lipinski definition) is 5. The van der Waals surface area contributed by atoms with E-state index in [-0.39, 0.29) is 6.10 Å². The summed E-state index contributed by atoms with van der Waals surface area (Å²) in [6.07, 6.45) is 6.64. The summed E-state index contributed by atoms with van der Waals surface area (Å²) in [5, 5.41) is 0. The molecule has 0 atom stereocenters. The van der Waals surface area contributed by atoms with Crippen LogP contribution in [0.4, 0.5) is 11.5 Å². The Labute approximate surface area is 127 Å². The van der Waals surface area contributed by atoms with E-state index >= 15 is 0 Å². The smallest absolute Gasteiger partial charge is 0.242 e. The summed E-state index contributed by atoms with van der Waals surface area (Å²) in [7, 11) is 0. The summed E-state index contributed by atoms with van der Waals surface area (Å²) in [4.78, 5) is 11.0. The van der Waals surface area contributed by atoms with Crippen LogP contribution in [0.2, 0.25) is 0 Å². The Morgan fingerprint density at radius 3 is 2.48 bits per heavy atom. The molecule has 1 aromatic heterocycles. The number of rotatable bonds is 6. The number of ether oxygens (including phenoxy) is 1. The summed E-state index contributed by atoms with van der Waals surface area (Å²) in [5.41, 5.74) is 6.85. The summed E-state index contributed by atoms with van der Waals surface area (Å²) in [5.74, 6) is 1.90. The summed E-state index contributed by atoms with van der Waals surface area (Å²) in [6, 6.07) is 0.538. The second-order valence-corrected chi connectivity index (χ2v) is 6.57. The van der Waals surface area contributed by atoms with E-state index in [1.54, 1.807) is 6.33 Å². The predicted octanol–water partition coefficient (Wildman–Crippen LogP) is 3.25. The summed E-state index contributed by atoms with van der Waals surface area (Å²) >= 11 is 0. The van der Waals surface area contributed by atoms with Gasteiger partial charge in [-0.25, -0.2) is 4.98 Å². The van der Waals surface area contributed by atoms with Gasteiger partial charge < -0.3 is 15.4 Å². The molecule has 0 radical (unpaired) electrons. The van der Waals surface area contributed by atoms with Crippen LogP contribution in [0.1, 0.15) is 53.4 Å². The second kappa shape index (κ2) is 6.96. The quantitative estimate of drug-likeness (QED) is 0.872. The van der Waals surface area contributed by atoms with Gasteiger partial charge in [0.2, 0.25) is 5.88 Å². The van der Waals surface area contributed by atoms with Gasteiger partial charge in [0.25, 0.3) is 0 Å². The molecular formula is C16H28N4O. The molecule has 5 heteroatoms. The van der Waals surface area contributed by atoms with Gasteiger partial charge in [-0.1, -0.05) is 26.7 Å². The van der Waals surface area contributed by atoms with Gasteiger partial charge in [0.05, 0.1) is 6.10 Å². The van der Waals surface area contributed by atoms with E-state index in [1.165, 1.54) is 25.7 Å². The van der Waals surface area contributed by atoms with Gasteiger partial charge in [-0.2, -0.15) is 4.98 Å². The molecule has 0 aliphatic heterocycles. The van der Waals surface area contributed by atoms with Crippen LogP contribution in [0.5, 0.6) is 5.88 Å². The summed E-state index contributed by atoms with van der Waals surface area (Å²) in [6.45, 7) is 9.37. The van der Waals surface area contributed by atoms with Crippen LogP contribution in [0.25, 0.3) is 0 Å². The van der Waals surface area contributed by atoms with Gasteiger partial charge in [-0.15, -0.1) is 0 Å². The lowest BCUT2D eigenvalue weighted by Gasteiger charge is -2.32. The highest BCUT2D eigenvalue weighted by Crippen LogP contribution is 2.34. The third-order valence-corrected chi connectivity index (χ3v) is 3.77. The lowest BCUT2D eigenvalue weighted by atomic mass is 10.1. The van der Waals surface area contributed by atoms with Gasteiger partial charge in [0, 0.05) is 12.6 Å². The van der Waals surface area contributed by atoms with Crippen LogP contribution in [0.15, 0.2) is 6.33 Å². The number of hydrogen-bond donors (Lipinski definition) is 1. The van der Waals surface area contributed by atoms with Crippen molar-refractivity contribution in [2.45, 2.75) is 65.5 Å². The SMILES string of the molecule is CC(C)CN(c1ncnc(OC(C)C)c1N)C1CCCC1. The van der Waals surface area contributed by atoms with Gasteiger partial charge in [-0.3, -0.25) is 0 Å². The molecule has 0 aromatic carbocycles. The fourth-order valence-corrected chi connectivity index (χ4v) is 2.93. The number of nitrogens with two attached hydrogens (primary N) is 1. The van der Waals surface area contributed by atoms with E-state index in [9.17, 15) is 0 Å². The van der Waals surface area contributed by atoms with Crippen LogP contribution >= 0.6 is 0 Å². The fraction of sp³-hybridized carbons (Fsp3) is 0.750. The minimum Gasteiger partial charge on any atom is -0.473 e. The zero-order valence-corrected chi connectivity index (χ0v) is 13.7. The first-order chi connectivity index (χ1) is 9.99. The molecule has 5 nitrogen and oxygen atoms in total. The summed E-state index contributed by atoms with van der Waals surface area (Å²) < 4.78 is 5.70. The molecule has 0 spiro atoms. The Bertz CT molecular complexity index is 456. The topological polar surface area (TPSA) is 64.3 Å². The number of nitrogens with zero attached hydrogens (tertiary/aromatic N) is 3. The van der Waals surface area contributed by atoms with Gasteiger partial charge in [-0.05, 0) is 32.6 Å². The van der Waals surface area contributed by atoms with Crippen LogP contribution in [-0.4, -0.2) is 28.7 Å². The monoisotopic (exact) mass is 292 g/mol. The number of nitrogen functional groups attached to an aromatic ring is 1. The minimum atomic E-state index is 0.0556. The molecule has 1 aliphatic carbocycles. The normalized spacial score (nSPS) is 15.9. The van der Waals surface area contributed by atoms with Gasteiger partial charge >= 0.3 is 0 Å². The molecule has 1 aliphatic rings. The van der Waals surface area contributed by atoms with Crippen molar-refractivity contribution >= 4 is 11.5 Å². The Hall–Kier alpha value is -1.52. The Balaban J connectivity index is 2.30. The predicted molar refractivity (Wildman–Crippen MR) is 86.6 cm³/mol. The zero-order valence-electron chi connectivity index (χ0n) is 13.7. The third kappa shape index (κ3) is 3.99. The molecule has 118 valence electrons. The maximum absolute atomic E-state index is 6.28. The molecule has 0 amide bonds. The van der Waals surface area contributed by atoms with Crippen molar-refractivity contribution < 1.29 is 4.74 Å². The van der Waals surface area contributed by atoms with Crippen molar-refractivity contribution in [3.8, 4) is 5.88 Å². The largest absolute Gasteiger partial charge is 0.473 e. The van der Waals surface area contributed by atoms with Crippen molar-refractivity contribution in [2.75, 3.05) is 17.2 Å². The molecule has 0 bridgehead atoms. The molecule has 1 heterocycles. The van der Waals surface area contributed by atoms with E-state index < -0.39 is 0 Å². The lowest BCUT2D eigenvalue weighted by Crippen LogP contribution is -2.37. The van der Waals surface area contributed by atoms with Crippen molar-refractivity contribution in [1.29, 1.82) is 0 Å². The highest BCUT2D eigenvalue weighted by molar-refractivity contribution is 5.68. The first-order valence-corrected chi connectivity index (χ1v) is 8.02. The van der Waals surface area contributed by atoms with Crippen molar-refractivity contribution in [2.24, 2.45) is 5.92 Å². The van der Waals surface area contributed by atoms with E-state index in [0.717, 1.165) is 12.4 Å². The standard InChI is InChI=1S/C16H28N4O/c1-11(2)9-20(13-7-5-6-8-13)15-14(17)16(19-10-18-15)21-12(3)4/h10-13H,5-9,17H2,1-4H3. The fourth-order valence-electron chi connectivity index (χ4n) is 2.93. The van der Waals surface area contributed by atoms with Crippen molar-refractivity contribution in [3.63, 3.8) is 0 Å². The molecule has 21 heavy (non-hydrogen) atoms. The molecule has 1 fully saturated rings. The highest BCUT2D eigenvalue weighted by atomic mass is 16.5. The Kier molecular flexibility index (Phi) is 5.26. The van der Waals surface area contributed by atoms with Gasteiger partial charge in [0.1, 0.15) is 12.0 Å². The Morgan fingerprint density at radius 2 is 1.90 bits per heavy atom. The van der Waals surface area contributed by atoms with Crippen molar-refractivity contribution in [1.82, 2.24) is 9.97 Å². The van der Waals surface area contributed by atoms with Gasteiger partial charge in [0.15, 0.2) is 5.82 Å². The van der Waals surface area contributed by atoms with Crippen LogP contribution in [-0.2, 0) is 0 Å². The maximum Gasteiger partial charge on any atom is 0.242 e. The molecule has 2 N–H and O–H groups in total. The van der Waals surface area contributed by atoms with E-state index in [0.29, 0.717) is 23.5 Å². The van der Waals surface area contributed by atoms with Crippen LogP contribution < -0.4 is 15.4 Å². The average molecular weight is 292 g/mol. The number of anilines is 2. The van der Waals surface area contributed by atoms with Crippen LogP contribution in [0, 0.1) is 5.92 Å². The van der Waals surface area contributed by atoms with Crippen molar-refractivity contribution in [3.05, 3.63) is 6.33 Å². The molecular weight excluding hydrogens is 264 g/mol. The lowest BCUT2D eigenvalue weighted by molar-refractivity contribution is 0.234. The highest BCUT2D eigenvalue weighted by Gasteiger charge is 2.27. The average Bonchev–Trinajstić information content (AvgIpc) is 2.92. The zero-order chi connectivity index (χ0) is 15.4. The molecule has 2 rings (SSSR count). The Morgan fingerprint density at radius 1 is 1.24 bits per heavy atom. The number of aromatic nitrogens is 2. The first kappa shape index (κ1) is 15.9. The first-order valence-electron chi connectivity index (χ1n) is 8.02. The minimum absolute atomic E-state index is 0.0556. The molecule has 1 aromatic rings. The molecule has 0 unspecified atom stereocenters. The van der Waals surface area contributed by atoms with E-state index in [2.05, 4.69) is 28.7 Å². The van der Waals surface area contributed by atoms with E-state index in [4.69, 9.17) is 10.5 Å². The second-order valence-electron chi connectivity index (χ2n) is 6.57. The molecule has 1 saturated carbocycles.